The van der Waals surface area contributed by atoms with Gasteiger partial charge in [-0.05, 0) is 53.4 Å². The minimum Gasteiger partial charge on any atom is -0.478 e. The van der Waals surface area contributed by atoms with Gasteiger partial charge in [0.05, 0.1) is 40.0 Å². The van der Waals surface area contributed by atoms with E-state index in [-0.39, 0.29) is 50.1 Å². The molecule has 2 aromatic rings. The minimum absolute atomic E-state index is 0.00173. The van der Waals surface area contributed by atoms with E-state index in [9.17, 15) is 25.4 Å². The average molecular weight is 510 g/mol. The molecule has 0 bridgehead atoms. The molecule has 0 saturated heterocycles. The van der Waals surface area contributed by atoms with Crippen molar-refractivity contribution >= 4 is 29.0 Å². The molecule has 0 saturated carbocycles. The Morgan fingerprint density at radius 1 is 0.769 bits per heavy atom. The van der Waals surface area contributed by atoms with Crippen molar-refractivity contribution in [3.05, 3.63) is 134 Å². The van der Waals surface area contributed by atoms with Gasteiger partial charge in [-0.1, -0.05) is 30.3 Å². The van der Waals surface area contributed by atoms with Gasteiger partial charge in [-0.2, -0.15) is 25.5 Å². The van der Waals surface area contributed by atoms with Crippen LogP contribution in [0, 0.1) is 52.5 Å². The largest absolute Gasteiger partial charge is 0.528 e. The van der Waals surface area contributed by atoms with Crippen LogP contribution in [0.3, 0.4) is 0 Å². The number of nitrogens with zero attached hydrogens (tertiary/aromatic N) is 5. The first-order valence-corrected chi connectivity index (χ1v) is 10.6. The van der Waals surface area contributed by atoms with E-state index in [0.29, 0.717) is 0 Å². The molecule has 2 rings (SSSR count). The van der Waals surface area contributed by atoms with Gasteiger partial charge < -0.3 is 10.2 Å². The second kappa shape index (κ2) is 13.4. The molecule has 10 nitrogen and oxygen atoms in total. The fraction of sp³-hybridized carbons (Fsp3) is 0. The van der Waals surface area contributed by atoms with Crippen LogP contribution >= 0.6 is 0 Å². The number of rotatable bonds is 8. The van der Waals surface area contributed by atoms with E-state index in [2.05, 4.69) is 9.69 Å². The van der Waals surface area contributed by atoms with E-state index in [1.165, 1.54) is 66.8 Å². The molecule has 3 N–H and O–H groups in total. The normalized spacial score (nSPS) is 10.8. The molecule has 0 aliphatic heterocycles. The monoisotopic (exact) mass is 510 g/mol. The highest BCUT2D eigenvalue weighted by Gasteiger charge is 2.21. The van der Waals surface area contributed by atoms with E-state index in [1.807, 2.05) is 18.0 Å². The molecular weight excluding hydrogens is 496 g/mol. The Morgan fingerprint density at radius 2 is 1.23 bits per heavy atom. The Morgan fingerprint density at radius 3 is 1.59 bits per heavy atom. The maximum Gasteiger partial charge on any atom is 0.528 e. The van der Waals surface area contributed by atoms with Crippen LogP contribution in [0.2, 0.25) is 0 Å². The molecule has 184 valence electrons. The van der Waals surface area contributed by atoms with Crippen molar-refractivity contribution in [1.29, 1.82) is 21.2 Å². The average Bonchev–Trinajstić information content (AvgIpc) is 2.95. The summed E-state index contributed by atoms with van der Waals surface area (Å²) in [7, 11) is 0. The SMILES string of the molecule is [C-]#[N+]C([N+]#[C-])=C(/C(C#N)=C/C=C/C(C#N)=C(/C(=C=N)C#N)c1ccc(C(=O)O)cc1)c1ccc(C(=O)O)cc1. The van der Waals surface area contributed by atoms with Gasteiger partial charge in [-0.15, -0.1) is 0 Å². The highest BCUT2D eigenvalue weighted by Crippen LogP contribution is 2.30. The third-order valence-electron chi connectivity index (χ3n) is 5.07. The standard InChI is InChI=1S/C29H14N6O4/c1-34-27(35-2)26(19-8-12-21(13-9-19)29(38)39)23(15-31)5-3-4-22(14-30)25(24(16-32)17-33)18-6-10-20(11-7-18)28(36)37/h3-13,32H,(H,36,37)(H,38,39)/b4-3+,23-5+,25-22-. The molecule has 0 radical (unpaired) electrons. The van der Waals surface area contributed by atoms with Crippen molar-refractivity contribution in [3.63, 3.8) is 0 Å². The summed E-state index contributed by atoms with van der Waals surface area (Å²) in [4.78, 5) is 28.7. The third kappa shape index (κ3) is 6.68. The molecule has 0 amide bonds. The van der Waals surface area contributed by atoms with Crippen LogP contribution in [-0.4, -0.2) is 28.0 Å². The summed E-state index contributed by atoms with van der Waals surface area (Å²) in [5, 5.41) is 54.8. The highest BCUT2D eigenvalue weighted by atomic mass is 16.4. The molecule has 0 unspecified atom stereocenters. The van der Waals surface area contributed by atoms with Gasteiger partial charge in [-0.3, -0.25) is 5.41 Å². The molecule has 0 aliphatic carbocycles. The van der Waals surface area contributed by atoms with Gasteiger partial charge in [0.15, 0.2) is 0 Å². The predicted octanol–water partition coefficient (Wildman–Crippen LogP) is 5.27. The third-order valence-corrected chi connectivity index (χ3v) is 5.07. The van der Waals surface area contributed by atoms with Gasteiger partial charge >= 0.3 is 17.8 Å². The molecule has 0 fully saturated rings. The second-order valence-electron chi connectivity index (χ2n) is 7.25. The molecular formula is C29H14N6O4. The fourth-order valence-electron chi connectivity index (χ4n) is 3.28. The number of nitriles is 3. The Hall–Kier alpha value is -6.76. The van der Waals surface area contributed by atoms with Crippen molar-refractivity contribution in [1.82, 2.24) is 0 Å². The number of hydrogen-bond acceptors (Lipinski definition) is 6. The number of carbonyl (C=O) groups is 2. The minimum atomic E-state index is -1.18. The molecule has 39 heavy (non-hydrogen) atoms. The molecule has 0 heterocycles. The molecule has 0 atom stereocenters. The van der Waals surface area contributed by atoms with E-state index in [0.717, 1.165) is 0 Å². The van der Waals surface area contributed by atoms with Crippen molar-refractivity contribution in [2.45, 2.75) is 0 Å². The smallest absolute Gasteiger partial charge is 0.478 e. The van der Waals surface area contributed by atoms with Crippen LogP contribution in [0.4, 0.5) is 0 Å². The van der Waals surface area contributed by atoms with Gasteiger partial charge in [0, 0.05) is 5.57 Å². The summed E-state index contributed by atoms with van der Waals surface area (Å²) < 4.78 is 0. The van der Waals surface area contributed by atoms with E-state index in [1.54, 1.807) is 6.07 Å². The summed E-state index contributed by atoms with van der Waals surface area (Å²) in [6.45, 7) is 14.7. The Bertz CT molecular complexity index is 1720. The van der Waals surface area contributed by atoms with Crippen LogP contribution in [-0.2, 0) is 0 Å². The molecule has 0 aromatic heterocycles. The lowest BCUT2D eigenvalue weighted by Crippen LogP contribution is -1.98. The lowest BCUT2D eigenvalue weighted by molar-refractivity contribution is 0.0686. The number of carboxylic acid groups (broad SMARTS) is 2. The Kier molecular flexibility index (Phi) is 9.76. The zero-order chi connectivity index (χ0) is 28.9. The van der Waals surface area contributed by atoms with E-state index in [4.69, 9.17) is 28.8 Å². The Balaban J connectivity index is 2.72. The number of aromatic carboxylic acids is 2. The van der Waals surface area contributed by atoms with Crippen LogP contribution in [0.5, 0.6) is 0 Å². The van der Waals surface area contributed by atoms with Gasteiger partial charge in [0.1, 0.15) is 24.8 Å². The van der Waals surface area contributed by atoms with Crippen LogP contribution in [0.15, 0.2) is 89.3 Å². The summed E-state index contributed by atoms with van der Waals surface area (Å²) >= 11 is 0. The summed E-state index contributed by atoms with van der Waals surface area (Å²) in [6, 6.07) is 16.1. The zero-order valence-corrected chi connectivity index (χ0v) is 19.8. The predicted molar refractivity (Wildman–Crippen MR) is 139 cm³/mol. The number of benzene rings is 2. The number of allylic oxidation sites excluding steroid dienone is 8. The molecule has 0 aliphatic rings. The van der Waals surface area contributed by atoms with Gasteiger partial charge in [0.2, 0.25) is 0 Å². The quantitative estimate of drug-likeness (QED) is 0.187. The summed E-state index contributed by atoms with van der Waals surface area (Å²) in [5.74, 6) is -0.834. The maximum atomic E-state index is 11.2. The molecule has 10 heteroatoms. The first-order chi connectivity index (χ1) is 18.8. The topological polar surface area (TPSA) is 179 Å². The summed E-state index contributed by atoms with van der Waals surface area (Å²) in [5.41, 5.74) is -0.150. The fourth-order valence-corrected chi connectivity index (χ4v) is 3.28. The Labute approximate surface area is 222 Å². The van der Waals surface area contributed by atoms with Crippen molar-refractivity contribution in [3.8, 4) is 18.2 Å². The van der Waals surface area contributed by atoms with Crippen molar-refractivity contribution < 1.29 is 19.8 Å². The zero-order valence-electron chi connectivity index (χ0n) is 19.8. The number of hydrogen-bond donors (Lipinski definition) is 3. The first kappa shape index (κ1) is 28.5. The van der Waals surface area contributed by atoms with Gasteiger partial charge in [-0.25, -0.2) is 9.59 Å². The first-order valence-electron chi connectivity index (χ1n) is 10.6. The molecule has 2 aromatic carbocycles. The maximum absolute atomic E-state index is 11.2. The number of nitrogens with one attached hydrogen (secondary N) is 1. The van der Waals surface area contributed by atoms with Gasteiger partial charge in [0.25, 0.3) is 0 Å². The van der Waals surface area contributed by atoms with Crippen LogP contribution < -0.4 is 0 Å². The lowest BCUT2D eigenvalue weighted by Gasteiger charge is -2.07. The number of carboxylic acids is 2. The highest BCUT2D eigenvalue weighted by molar-refractivity contribution is 5.97. The van der Waals surface area contributed by atoms with E-state index < -0.39 is 17.8 Å². The lowest BCUT2D eigenvalue weighted by atomic mass is 9.93. The van der Waals surface area contributed by atoms with Crippen molar-refractivity contribution in [2.75, 3.05) is 0 Å². The van der Waals surface area contributed by atoms with Crippen molar-refractivity contribution in [2.24, 2.45) is 0 Å². The van der Waals surface area contributed by atoms with Crippen LogP contribution in [0.1, 0.15) is 31.8 Å². The molecule has 0 spiro atoms. The summed E-state index contributed by atoms with van der Waals surface area (Å²) in [6.07, 6.45) is 3.76. The van der Waals surface area contributed by atoms with Crippen LogP contribution in [0.25, 0.3) is 20.8 Å². The second-order valence-corrected chi connectivity index (χ2v) is 7.25. The van der Waals surface area contributed by atoms with E-state index >= 15 is 0 Å².